The SMILES string of the molecule is Cc1c(NC(=O)C2CC3=C(CCCC3)S2)cccc1-c1ccnc(Nc2ccc(C(=O)N3CCC(O)CC3)cc2)n1. The van der Waals surface area contributed by atoms with E-state index >= 15 is 0 Å². The van der Waals surface area contributed by atoms with Crippen LogP contribution in [0.2, 0.25) is 0 Å². The first-order valence-electron chi connectivity index (χ1n) is 14.4. The zero-order valence-electron chi connectivity index (χ0n) is 23.2. The molecule has 2 amide bonds. The Bertz CT molecular complexity index is 1460. The minimum atomic E-state index is -0.315. The van der Waals surface area contributed by atoms with Crippen molar-refractivity contribution in [2.75, 3.05) is 23.7 Å². The van der Waals surface area contributed by atoms with Gasteiger partial charge in [0.2, 0.25) is 11.9 Å². The lowest BCUT2D eigenvalue weighted by molar-refractivity contribution is -0.115. The number of anilines is 3. The second-order valence-electron chi connectivity index (χ2n) is 11.0. The third-order valence-corrected chi connectivity index (χ3v) is 9.64. The molecule has 2 aromatic carbocycles. The lowest BCUT2D eigenvalue weighted by Gasteiger charge is -2.29. The van der Waals surface area contributed by atoms with Gasteiger partial charge in [0.15, 0.2) is 0 Å². The van der Waals surface area contributed by atoms with Crippen molar-refractivity contribution in [1.29, 1.82) is 0 Å². The number of aliphatic hydroxyl groups excluding tert-OH is 1. The molecule has 8 nitrogen and oxygen atoms in total. The van der Waals surface area contributed by atoms with Crippen molar-refractivity contribution in [3.63, 3.8) is 0 Å². The van der Waals surface area contributed by atoms with Crippen molar-refractivity contribution in [3.8, 4) is 11.3 Å². The minimum absolute atomic E-state index is 0.0217. The Morgan fingerprint density at radius 2 is 1.80 bits per heavy atom. The molecule has 0 saturated carbocycles. The van der Waals surface area contributed by atoms with E-state index in [1.165, 1.54) is 23.3 Å². The fourth-order valence-electron chi connectivity index (χ4n) is 5.79. The normalized spacial score (nSPS) is 19.2. The minimum Gasteiger partial charge on any atom is -0.393 e. The number of aromatic nitrogens is 2. The van der Waals surface area contributed by atoms with Gasteiger partial charge in [-0.25, -0.2) is 9.97 Å². The second kappa shape index (κ2) is 12.0. The van der Waals surface area contributed by atoms with Crippen LogP contribution in [0.15, 0.2) is 65.2 Å². The van der Waals surface area contributed by atoms with Crippen molar-refractivity contribution < 1.29 is 14.7 Å². The molecule has 3 heterocycles. The predicted octanol–water partition coefficient (Wildman–Crippen LogP) is 6.06. The van der Waals surface area contributed by atoms with Crippen LogP contribution in [-0.4, -0.2) is 56.2 Å². The van der Waals surface area contributed by atoms with Gasteiger partial charge in [-0.1, -0.05) is 17.7 Å². The number of hydrogen-bond acceptors (Lipinski definition) is 7. The van der Waals surface area contributed by atoms with E-state index in [-0.39, 0.29) is 23.2 Å². The third-order valence-electron chi connectivity index (χ3n) is 8.20. The molecule has 3 aromatic rings. The van der Waals surface area contributed by atoms with Crippen LogP contribution in [0.3, 0.4) is 0 Å². The number of hydrogen-bond donors (Lipinski definition) is 3. The molecule has 1 fully saturated rings. The van der Waals surface area contributed by atoms with E-state index in [4.69, 9.17) is 4.98 Å². The molecule has 41 heavy (non-hydrogen) atoms. The van der Waals surface area contributed by atoms with Crippen LogP contribution in [0.5, 0.6) is 0 Å². The molecule has 1 aromatic heterocycles. The Morgan fingerprint density at radius 3 is 2.59 bits per heavy atom. The second-order valence-corrected chi connectivity index (χ2v) is 12.3. The van der Waals surface area contributed by atoms with Crippen LogP contribution in [0.25, 0.3) is 11.3 Å². The molecule has 212 valence electrons. The number of rotatable bonds is 6. The Kier molecular flexibility index (Phi) is 8.07. The fourth-order valence-corrected chi connectivity index (χ4v) is 7.20. The van der Waals surface area contributed by atoms with Crippen LogP contribution in [0, 0.1) is 6.92 Å². The Morgan fingerprint density at radius 1 is 1.02 bits per heavy atom. The monoisotopic (exact) mass is 569 g/mol. The van der Waals surface area contributed by atoms with Gasteiger partial charge < -0.3 is 20.6 Å². The first kappa shape index (κ1) is 27.5. The molecule has 2 aliphatic heterocycles. The number of nitrogens with one attached hydrogen (secondary N) is 2. The molecule has 3 aliphatic rings. The summed E-state index contributed by atoms with van der Waals surface area (Å²) in [6.45, 7) is 3.15. The molecule has 9 heteroatoms. The van der Waals surface area contributed by atoms with E-state index in [9.17, 15) is 14.7 Å². The highest BCUT2D eigenvalue weighted by atomic mass is 32.2. The summed E-state index contributed by atoms with van der Waals surface area (Å²) >= 11 is 1.75. The molecule has 1 aliphatic carbocycles. The number of benzene rings is 2. The summed E-state index contributed by atoms with van der Waals surface area (Å²) < 4.78 is 0. The predicted molar refractivity (Wildman–Crippen MR) is 163 cm³/mol. The van der Waals surface area contributed by atoms with Crippen LogP contribution in [0.4, 0.5) is 17.3 Å². The van der Waals surface area contributed by atoms with Gasteiger partial charge >= 0.3 is 0 Å². The lowest BCUT2D eigenvalue weighted by atomic mass is 9.96. The third kappa shape index (κ3) is 6.16. The lowest BCUT2D eigenvalue weighted by Crippen LogP contribution is -2.40. The molecule has 0 spiro atoms. The number of nitrogens with zero attached hydrogens (tertiary/aromatic N) is 3. The Balaban J connectivity index is 1.12. The topological polar surface area (TPSA) is 107 Å². The first-order valence-corrected chi connectivity index (χ1v) is 15.3. The zero-order valence-corrected chi connectivity index (χ0v) is 24.0. The molecule has 1 saturated heterocycles. The number of thioether (sulfide) groups is 1. The van der Waals surface area contributed by atoms with E-state index in [2.05, 4.69) is 15.6 Å². The summed E-state index contributed by atoms with van der Waals surface area (Å²) in [5.41, 5.74) is 6.31. The number of allylic oxidation sites excluding steroid dienone is 2. The maximum atomic E-state index is 13.2. The van der Waals surface area contributed by atoms with E-state index in [0.29, 0.717) is 37.4 Å². The Labute approximate surface area is 244 Å². The van der Waals surface area contributed by atoms with Crippen LogP contribution in [0.1, 0.15) is 60.9 Å². The van der Waals surface area contributed by atoms with Gasteiger partial charge in [0.05, 0.1) is 17.0 Å². The zero-order chi connectivity index (χ0) is 28.3. The largest absolute Gasteiger partial charge is 0.393 e. The van der Waals surface area contributed by atoms with Gasteiger partial charge in [-0.3, -0.25) is 9.59 Å². The van der Waals surface area contributed by atoms with Crippen molar-refractivity contribution in [1.82, 2.24) is 14.9 Å². The summed E-state index contributed by atoms with van der Waals surface area (Å²) in [6, 6.07) is 15.0. The smallest absolute Gasteiger partial charge is 0.253 e. The first-order chi connectivity index (χ1) is 19.9. The number of amides is 2. The van der Waals surface area contributed by atoms with Gasteiger partial charge in [-0.15, -0.1) is 11.8 Å². The van der Waals surface area contributed by atoms with E-state index in [0.717, 1.165) is 47.5 Å². The van der Waals surface area contributed by atoms with Crippen molar-refractivity contribution in [2.45, 2.75) is 63.2 Å². The molecule has 6 rings (SSSR count). The number of aliphatic hydroxyl groups is 1. The summed E-state index contributed by atoms with van der Waals surface area (Å²) in [4.78, 5) is 38.3. The number of carbonyl (C=O) groups is 2. The fraction of sp³-hybridized carbons (Fsp3) is 0.375. The molecule has 0 bridgehead atoms. The molecular formula is C32H35N5O3S. The highest BCUT2D eigenvalue weighted by Gasteiger charge is 2.31. The average molecular weight is 570 g/mol. The maximum Gasteiger partial charge on any atom is 0.253 e. The number of likely N-dealkylation sites (tertiary alicyclic amines) is 1. The summed E-state index contributed by atoms with van der Waals surface area (Å²) in [7, 11) is 0. The number of piperidine rings is 1. The van der Waals surface area contributed by atoms with Gasteiger partial charge in [0.1, 0.15) is 0 Å². The van der Waals surface area contributed by atoms with E-state index in [1.54, 1.807) is 35.0 Å². The van der Waals surface area contributed by atoms with E-state index in [1.807, 2.05) is 43.3 Å². The van der Waals surface area contributed by atoms with Crippen LogP contribution >= 0.6 is 11.8 Å². The quantitative estimate of drug-likeness (QED) is 0.331. The molecule has 3 N–H and O–H groups in total. The highest BCUT2D eigenvalue weighted by Crippen LogP contribution is 2.45. The standard InChI is InChI=1S/C32H35N5O3S/c1-20-25(6-4-7-26(20)35-30(39)29-19-22-5-2-3-8-28(22)41-29)27-13-16-33-32(36-27)34-23-11-9-21(10-12-23)31(40)37-17-14-24(38)15-18-37/h4,6-7,9-13,16,24,29,38H,2-3,5,8,14-15,17-19H2,1H3,(H,35,39)(H,33,34,36). The maximum absolute atomic E-state index is 13.2. The van der Waals surface area contributed by atoms with Gasteiger partial charge in [0, 0.05) is 41.8 Å². The van der Waals surface area contributed by atoms with Crippen molar-refractivity contribution in [3.05, 3.63) is 76.3 Å². The summed E-state index contributed by atoms with van der Waals surface area (Å²) in [6.07, 6.45) is 8.22. The van der Waals surface area contributed by atoms with Crippen LogP contribution in [-0.2, 0) is 4.79 Å². The van der Waals surface area contributed by atoms with Gasteiger partial charge in [-0.05, 0) is 98.7 Å². The molecule has 0 radical (unpaired) electrons. The van der Waals surface area contributed by atoms with E-state index < -0.39 is 0 Å². The number of carbonyl (C=O) groups excluding carboxylic acids is 2. The summed E-state index contributed by atoms with van der Waals surface area (Å²) in [5, 5.41) is 16.1. The Hall–Kier alpha value is -3.69. The van der Waals surface area contributed by atoms with Gasteiger partial charge in [0.25, 0.3) is 5.91 Å². The molecule has 1 atom stereocenters. The summed E-state index contributed by atoms with van der Waals surface area (Å²) in [5.74, 6) is 0.487. The van der Waals surface area contributed by atoms with Crippen molar-refractivity contribution in [2.24, 2.45) is 0 Å². The van der Waals surface area contributed by atoms with Crippen molar-refractivity contribution >= 4 is 40.9 Å². The van der Waals surface area contributed by atoms with Gasteiger partial charge in [-0.2, -0.15) is 0 Å². The van der Waals surface area contributed by atoms with Crippen LogP contribution < -0.4 is 10.6 Å². The highest BCUT2D eigenvalue weighted by molar-refractivity contribution is 8.04. The molecule has 1 unspecified atom stereocenters. The molecular weight excluding hydrogens is 534 g/mol. The average Bonchev–Trinajstić information content (AvgIpc) is 3.44.